The Hall–Kier alpha value is -2.34. The highest BCUT2D eigenvalue weighted by molar-refractivity contribution is 5.44. The molecule has 3 aliphatic rings. The minimum absolute atomic E-state index is 0.333. The minimum atomic E-state index is 0.333. The van der Waals surface area contributed by atoms with E-state index in [1.165, 1.54) is 18.4 Å². The van der Waals surface area contributed by atoms with Gasteiger partial charge in [-0.3, -0.25) is 4.90 Å². The van der Waals surface area contributed by atoms with Gasteiger partial charge in [-0.25, -0.2) is 9.97 Å². The van der Waals surface area contributed by atoms with Gasteiger partial charge in [-0.15, -0.1) is 0 Å². The van der Waals surface area contributed by atoms with Crippen LogP contribution in [0.1, 0.15) is 30.1 Å². The van der Waals surface area contributed by atoms with Crippen LogP contribution in [0.25, 0.3) is 0 Å². The lowest BCUT2D eigenvalue weighted by molar-refractivity contribution is 0.174. The Labute approximate surface area is 147 Å². The maximum Gasteiger partial charge on any atom is 0.231 e. The summed E-state index contributed by atoms with van der Waals surface area (Å²) >= 11 is 0. The number of piperazine rings is 1. The summed E-state index contributed by atoms with van der Waals surface area (Å²) in [5.74, 6) is 4.43. The number of aromatic nitrogens is 2. The predicted molar refractivity (Wildman–Crippen MR) is 94.1 cm³/mol. The minimum Gasteiger partial charge on any atom is -0.454 e. The highest BCUT2D eigenvalue weighted by Crippen LogP contribution is 2.38. The Kier molecular flexibility index (Phi) is 3.70. The molecule has 3 heterocycles. The molecule has 2 aromatic rings. The van der Waals surface area contributed by atoms with Gasteiger partial charge in [0.25, 0.3) is 0 Å². The quantitative estimate of drug-likeness (QED) is 0.853. The van der Waals surface area contributed by atoms with Gasteiger partial charge in [0, 0.05) is 44.8 Å². The molecule has 130 valence electrons. The van der Waals surface area contributed by atoms with Crippen LogP contribution in [-0.4, -0.2) is 47.8 Å². The van der Waals surface area contributed by atoms with Crippen molar-refractivity contribution in [1.29, 1.82) is 0 Å². The molecule has 1 aromatic heterocycles. The van der Waals surface area contributed by atoms with Gasteiger partial charge in [-0.05, 0) is 36.6 Å². The van der Waals surface area contributed by atoms with E-state index in [0.717, 1.165) is 55.9 Å². The Morgan fingerprint density at radius 3 is 2.68 bits per heavy atom. The summed E-state index contributed by atoms with van der Waals surface area (Å²) in [5, 5.41) is 0. The van der Waals surface area contributed by atoms with E-state index in [4.69, 9.17) is 14.5 Å². The lowest BCUT2D eigenvalue weighted by atomic mass is 10.1. The Morgan fingerprint density at radius 1 is 1.00 bits per heavy atom. The number of nitrogens with zero attached hydrogens (tertiary/aromatic N) is 4. The first-order valence-electron chi connectivity index (χ1n) is 9.04. The lowest BCUT2D eigenvalue weighted by Gasteiger charge is -2.35. The molecule has 0 spiro atoms. The number of rotatable bonds is 4. The molecule has 25 heavy (non-hydrogen) atoms. The van der Waals surface area contributed by atoms with Crippen LogP contribution >= 0.6 is 0 Å². The third kappa shape index (κ3) is 3.14. The SMILES string of the molecule is c1cc(N2CCN(Cc3ccc4c(c3)OCO4)CC2)nc(C2CC2)n1. The zero-order valence-electron chi connectivity index (χ0n) is 14.2. The Morgan fingerprint density at radius 2 is 1.84 bits per heavy atom. The van der Waals surface area contributed by atoms with E-state index in [1.54, 1.807) is 0 Å². The Balaban J connectivity index is 1.20. The van der Waals surface area contributed by atoms with Gasteiger partial charge in [0.2, 0.25) is 6.79 Å². The average Bonchev–Trinajstić information content (AvgIpc) is 3.41. The zero-order valence-corrected chi connectivity index (χ0v) is 14.2. The van der Waals surface area contributed by atoms with Crippen molar-refractivity contribution in [3.8, 4) is 11.5 Å². The second-order valence-corrected chi connectivity index (χ2v) is 7.00. The summed E-state index contributed by atoms with van der Waals surface area (Å²) in [4.78, 5) is 14.1. The van der Waals surface area contributed by atoms with Gasteiger partial charge in [-0.2, -0.15) is 0 Å². The van der Waals surface area contributed by atoms with Crippen LogP contribution < -0.4 is 14.4 Å². The van der Waals surface area contributed by atoms with Crippen molar-refractivity contribution in [1.82, 2.24) is 14.9 Å². The second kappa shape index (κ2) is 6.19. The van der Waals surface area contributed by atoms with Crippen LogP contribution in [0.3, 0.4) is 0 Å². The summed E-state index contributed by atoms with van der Waals surface area (Å²) in [5.41, 5.74) is 1.27. The third-order valence-corrected chi connectivity index (χ3v) is 5.14. The number of ether oxygens (including phenoxy) is 2. The molecule has 1 aromatic carbocycles. The van der Waals surface area contributed by atoms with Crippen molar-refractivity contribution >= 4 is 5.82 Å². The van der Waals surface area contributed by atoms with Gasteiger partial charge in [0.15, 0.2) is 11.5 Å². The van der Waals surface area contributed by atoms with Crippen LogP contribution in [0, 0.1) is 0 Å². The summed E-state index contributed by atoms with van der Waals surface area (Å²) in [7, 11) is 0. The molecule has 0 amide bonds. The summed E-state index contributed by atoms with van der Waals surface area (Å²) < 4.78 is 10.9. The van der Waals surface area contributed by atoms with Crippen molar-refractivity contribution in [2.75, 3.05) is 37.9 Å². The summed E-state index contributed by atoms with van der Waals surface area (Å²) in [6.07, 6.45) is 4.40. The highest BCUT2D eigenvalue weighted by Gasteiger charge is 2.27. The molecule has 2 aliphatic heterocycles. The molecule has 0 bridgehead atoms. The maximum atomic E-state index is 5.48. The molecule has 0 N–H and O–H groups in total. The van der Waals surface area contributed by atoms with E-state index < -0.39 is 0 Å². The fourth-order valence-electron chi connectivity index (χ4n) is 3.51. The highest BCUT2D eigenvalue weighted by atomic mass is 16.7. The molecule has 0 unspecified atom stereocenters. The van der Waals surface area contributed by atoms with Crippen molar-refractivity contribution < 1.29 is 9.47 Å². The Bertz CT molecular complexity index is 770. The first-order chi connectivity index (χ1) is 12.3. The number of hydrogen-bond acceptors (Lipinski definition) is 6. The van der Waals surface area contributed by atoms with Crippen LogP contribution in [-0.2, 0) is 6.54 Å². The monoisotopic (exact) mass is 338 g/mol. The molecule has 0 atom stereocenters. The molecule has 5 rings (SSSR count). The molecule has 6 heteroatoms. The van der Waals surface area contributed by atoms with Crippen LogP contribution in [0.5, 0.6) is 11.5 Å². The van der Waals surface area contributed by atoms with Crippen molar-refractivity contribution in [3.63, 3.8) is 0 Å². The lowest BCUT2D eigenvalue weighted by Crippen LogP contribution is -2.46. The molecular formula is C19H22N4O2. The smallest absolute Gasteiger partial charge is 0.231 e. The average molecular weight is 338 g/mol. The molecule has 1 saturated heterocycles. The van der Waals surface area contributed by atoms with Crippen molar-refractivity contribution in [2.24, 2.45) is 0 Å². The second-order valence-electron chi connectivity index (χ2n) is 7.00. The van der Waals surface area contributed by atoms with Gasteiger partial charge in [0.05, 0.1) is 0 Å². The van der Waals surface area contributed by atoms with Crippen LogP contribution in [0.15, 0.2) is 30.5 Å². The van der Waals surface area contributed by atoms with Gasteiger partial charge in [0.1, 0.15) is 11.6 Å². The molecular weight excluding hydrogens is 316 g/mol. The first-order valence-corrected chi connectivity index (χ1v) is 9.04. The van der Waals surface area contributed by atoms with Crippen LogP contribution in [0.2, 0.25) is 0 Å². The van der Waals surface area contributed by atoms with Gasteiger partial charge < -0.3 is 14.4 Å². The maximum absolute atomic E-state index is 5.48. The van der Waals surface area contributed by atoms with E-state index in [2.05, 4.69) is 26.9 Å². The van der Waals surface area contributed by atoms with Crippen LogP contribution in [0.4, 0.5) is 5.82 Å². The van der Waals surface area contributed by atoms with Crippen molar-refractivity contribution in [3.05, 3.63) is 41.9 Å². The molecule has 0 radical (unpaired) electrons. The molecule has 1 aliphatic carbocycles. The predicted octanol–water partition coefficient (Wildman–Crippen LogP) is 2.40. The molecule has 2 fully saturated rings. The fraction of sp³-hybridized carbons (Fsp3) is 0.474. The normalized spacial score (nSPS) is 20.1. The molecule has 6 nitrogen and oxygen atoms in total. The number of hydrogen-bond donors (Lipinski definition) is 0. The molecule has 1 saturated carbocycles. The van der Waals surface area contributed by atoms with E-state index in [-0.39, 0.29) is 0 Å². The standard InChI is InChI=1S/C19H22N4O2/c1-4-16-17(25-13-24-16)11-14(1)12-22-7-9-23(10-8-22)18-5-6-20-19(21-18)15-2-3-15/h1,4-6,11,15H,2-3,7-10,12-13H2. The van der Waals surface area contributed by atoms with Gasteiger partial charge in [-0.1, -0.05) is 6.07 Å². The third-order valence-electron chi connectivity index (χ3n) is 5.14. The van der Waals surface area contributed by atoms with Crippen molar-refractivity contribution in [2.45, 2.75) is 25.3 Å². The van der Waals surface area contributed by atoms with E-state index in [0.29, 0.717) is 12.7 Å². The first kappa shape index (κ1) is 15.0. The van der Waals surface area contributed by atoms with E-state index in [9.17, 15) is 0 Å². The zero-order chi connectivity index (χ0) is 16.6. The summed E-state index contributed by atoms with van der Waals surface area (Å²) in [6, 6.07) is 8.28. The fourth-order valence-corrected chi connectivity index (χ4v) is 3.51. The largest absolute Gasteiger partial charge is 0.454 e. The topological polar surface area (TPSA) is 50.7 Å². The number of benzene rings is 1. The summed E-state index contributed by atoms with van der Waals surface area (Å²) in [6.45, 7) is 5.37. The van der Waals surface area contributed by atoms with E-state index >= 15 is 0 Å². The number of fused-ring (bicyclic) bond motifs is 1. The number of anilines is 1. The van der Waals surface area contributed by atoms with E-state index in [1.807, 2.05) is 18.3 Å². The van der Waals surface area contributed by atoms with Gasteiger partial charge >= 0.3 is 0 Å².